The minimum atomic E-state index is -0.588. The summed E-state index contributed by atoms with van der Waals surface area (Å²) in [5, 5.41) is 12.7. The van der Waals surface area contributed by atoms with Crippen LogP contribution in [0.4, 0.5) is 0 Å². The largest absolute Gasteiger partial charge is 0.396 e. The number of para-hydroxylation sites is 1. The Morgan fingerprint density at radius 2 is 2.20 bits per heavy atom. The van der Waals surface area contributed by atoms with E-state index >= 15 is 0 Å². The molecule has 0 aliphatic carbocycles. The number of aliphatic hydroxyl groups excluding tert-OH is 1. The van der Waals surface area contributed by atoms with E-state index in [-0.39, 0.29) is 18.6 Å². The molecule has 1 amide bonds. The second-order valence-electron chi connectivity index (χ2n) is 5.09. The van der Waals surface area contributed by atoms with Crippen LogP contribution in [0.25, 0.3) is 10.9 Å². The number of fused-ring (bicyclic) bond motifs is 1. The molecule has 0 aliphatic rings. The van der Waals surface area contributed by atoms with E-state index in [0.717, 1.165) is 16.5 Å². The smallest absolute Gasteiger partial charge is 0.237 e. The Kier molecular flexibility index (Phi) is 4.76. The zero-order valence-electron chi connectivity index (χ0n) is 11.6. The van der Waals surface area contributed by atoms with E-state index in [4.69, 9.17) is 10.8 Å². The van der Waals surface area contributed by atoms with Crippen molar-refractivity contribution >= 4 is 16.8 Å². The Balaban J connectivity index is 2.00. The summed E-state index contributed by atoms with van der Waals surface area (Å²) in [6.07, 6.45) is 2.92. The molecule has 0 fully saturated rings. The summed E-state index contributed by atoms with van der Waals surface area (Å²) in [6.45, 7) is 1.91. The molecular weight excluding hydrogens is 254 g/mol. The van der Waals surface area contributed by atoms with E-state index in [2.05, 4.69) is 10.3 Å². The van der Waals surface area contributed by atoms with Gasteiger partial charge in [0.1, 0.15) is 0 Å². The zero-order chi connectivity index (χ0) is 14.5. The van der Waals surface area contributed by atoms with Crippen LogP contribution in [-0.2, 0) is 11.2 Å². The van der Waals surface area contributed by atoms with Gasteiger partial charge in [0.05, 0.1) is 6.04 Å². The number of aromatic amines is 1. The van der Waals surface area contributed by atoms with Gasteiger partial charge in [0.2, 0.25) is 5.91 Å². The second kappa shape index (κ2) is 6.54. The molecule has 2 atom stereocenters. The zero-order valence-corrected chi connectivity index (χ0v) is 11.6. The van der Waals surface area contributed by atoms with Gasteiger partial charge in [-0.05, 0) is 31.4 Å². The molecule has 0 bridgehead atoms. The lowest BCUT2D eigenvalue weighted by Gasteiger charge is -2.16. The Morgan fingerprint density at radius 3 is 2.95 bits per heavy atom. The molecule has 1 unspecified atom stereocenters. The topological polar surface area (TPSA) is 91.1 Å². The highest BCUT2D eigenvalue weighted by Crippen LogP contribution is 2.18. The van der Waals surface area contributed by atoms with Crippen molar-refractivity contribution in [2.24, 2.45) is 5.73 Å². The molecule has 5 heteroatoms. The van der Waals surface area contributed by atoms with Gasteiger partial charge in [-0.3, -0.25) is 4.79 Å². The number of aliphatic hydroxyl groups is 1. The van der Waals surface area contributed by atoms with Crippen molar-refractivity contribution in [2.75, 3.05) is 6.61 Å². The minimum absolute atomic E-state index is 0.0547. The first-order valence-corrected chi connectivity index (χ1v) is 6.83. The Labute approximate surface area is 118 Å². The quantitative estimate of drug-likeness (QED) is 0.632. The molecule has 5 nitrogen and oxygen atoms in total. The van der Waals surface area contributed by atoms with Gasteiger partial charge in [0.25, 0.3) is 0 Å². The average Bonchev–Trinajstić information content (AvgIpc) is 2.82. The van der Waals surface area contributed by atoms with Crippen LogP contribution in [0.5, 0.6) is 0 Å². The van der Waals surface area contributed by atoms with Crippen LogP contribution in [0.1, 0.15) is 18.9 Å². The van der Waals surface area contributed by atoms with Crippen LogP contribution < -0.4 is 11.1 Å². The van der Waals surface area contributed by atoms with Crippen LogP contribution in [0.15, 0.2) is 30.5 Å². The standard InChI is InChI=1S/C15H21N3O2/c1-10(6-7-19)18-15(20)13(16)8-11-9-17-14-5-3-2-4-12(11)14/h2-5,9-10,13,17,19H,6-8,16H2,1H3,(H,18,20)/t10?,13-/m0/s1. The molecule has 2 rings (SSSR count). The fraction of sp³-hybridized carbons (Fsp3) is 0.400. The summed E-state index contributed by atoms with van der Waals surface area (Å²) in [4.78, 5) is 15.1. The molecule has 0 radical (unpaired) electrons. The lowest BCUT2D eigenvalue weighted by atomic mass is 10.0. The maximum atomic E-state index is 12.0. The van der Waals surface area contributed by atoms with E-state index in [9.17, 15) is 4.79 Å². The Morgan fingerprint density at radius 1 is 1.45 bits per heavy atom. The third-order valence-electron chi connectivity index (χ3n) is 3.40. The van der Waals surface area contributed by atoms with Crippen molar-refractivity contribution in [2.45, 2.75) is 31.8 Å². The number of amides is 1. The highest BCUT2D eigenvalue weighted by atomic mass is 16.3. The molecule has 1 aromatic carbocycles. The maximum absolute atomic E-state index is 12.0. The van der Waals surface area contributed by atoms with E-state index in [1.54, 1.807) is 0 Å². The summed E-state index contributed by atoms with van der Waals surface area (Å²) < 4.78 is 0. The van der Waals surface area contributed by atoms with Crippen molar-refractivity contribution in [3.63, 3.8) is 0 Å². The van der Waals surface area contributed by atoms with Crippen molar-refractivity contribution in [3.05, 3.63) is 36.0 Å². The third-order valence-corrected chi connectivity index (χ3v) is 3.40. The molecule has 5 N–H and O–H groups in total. The van der Waals surface area contributed by atoms with Crippen LogP contribution in [0, 0.1) is 0 Å². The molecule has 1 heterocycles. The number of nitrogens with two attached hydrogens (primary N) is 1. The molecule has 0 saturated heterocycles. The van der Waals surface area contributed by atoms with E-state index in [0.29, 0.717) is 12.8 Å². The van der Waals surface area contributed by atoms with Gasteiger partial charge < -0.3 is 21.1 Å². The van der Waals surface area contributed by atoms with Crippen LogP contribution in [0.2, 0.25) is 0 Å². The van der Waals surface area contributed by atoms with Crippen molar-refractivity contribution in [1.29, 1.82) is 0 Å². The predicted octanol–water partition coefficient (Wildman–Crippen LogP) is 0.925. The van der Waals surface area contributed by atoms with Crippen molar-refractivity contribution < 1.29 is 9.90 Å². The van der Waals surface area contributed by atoms with Gasteiger partial charge in [-0.2, -0.15) is 0 Å². The molecule has 0 aliphatic heterocycles. The maximum Gasteiger partial charge on any atom is 0.237 e. The molecule has 0 spiro atoms. The number of rotatable bonds is 6. The van der Waals surface area contributed by atoms with Crippen LogP contribution >= 0.6 is 0 Å². The third kappa shape index (κ3) is 3.37. The highest BCUT2D eigenvalue weighted by molar-refractivity contribution is 5.86. The first-order valence-electron chi connectivity index (χ1n) is 6.83. The molecule has 1 aromatic heterocycles. The SMILES string of the molecule is CC(CCO)NC(=O)[C@@H](N)Cc1c[nH]c2ccccc12. The fourth-order valence-corrected chi connectivity index (χ4v) is 2.25. The first kappa shape index (κ1) is 14.6. The lowest BCUT2D eigenvalue weighted by Crippen LogP contribution is -2.45. The number of hydrogen-bond donors (Lipinski definition) is 4. The van der Waals surface area contributed by atoms with E-state index < -0.39 is 6.04 Å². The van der Waals surface area contributed by atoms with Gasteiger partial charge in [-0.15, -0.1) is 0 Å². The van der Waals surface area contributed by atoms with Crippen molar-refractivity contribution in [1.82, 2.24) is 10.3 Å². The minimum Gasteiger partial charge on any atom is -0.396 e. The summed E-state index contributed by atoms with van der Waals surface area (Å²) in [5.74, 6) is -0.184. The fourth-order valence-electron chi connectivity index (χ4n) is 2.25. The first-order chi connectivity index (χ1) is 9.61. The Hall–Kier alpha value is -1.85. The van der Waals surface area contributed by atoms with Gasteiger partial charge in [-0.1, -0.05) is 18.2 Å². The number of hydrogen-bond acceptors (Lipinski definition) is 3. The average molecular weight is 275 g/mol. The van der Waals surface area contributed by atoms with E-state index in [1.165, 1.54) is 0 Å². The summed E-state index contributed by atoms with van der Waals surface area (Å²) in [7, 11) is 0. The summed E-state index contributed by atoms with van der Waals surface area (Å²) in [6, 6.07) is 7.28. The molecule has 2 aromatic rings. The molecule has 0 saturated carbocycles. The number of H-pyrrole nitrogens is 1. The van der Waals surface area contributed by atoms with Gasteiger partial charge in [0, 0.05) is 29.7 Å². The van der Waals surface area contributed by atoms with Crippen molar-refractivity contribution in [3.8, 4) is 0 Å². The summed E-state index contributed by atoms with van der Waals surface area (Å²) >= 11 is 0. The number of benzene rings is 1. The number of carbonyl (C=O) groups is 1. The lowest BCUT2D eigenvalue weighted by molar-refractivity contribution is -0.123. The van der Waals surface area contributed by atoms with Gasteiger partial charge in [0.15, 0.2) is 0 Å². The Bertz CT molecular complexity index is 579. The second-order valence-corrected chi connectivity index (χ2v) is 5.09. The van der Waals surface area contributed by atoms with Crippen LogP contribution in [-0.4, -0.2) is 34.7 Å². The van der Waals surface area contributed by atoms with Gasteiger partial charge in [-0.25, -0.2) is 0 Å². The van der Waals surface area contributed by atoms with E-state index in [1.807, 2.05) is 37.4 Å². The number of nitrogens with one attached hydrogen (secondary N) is 2. The summed E-state index contributed by atoms with van der Waals surface area (Å²) in [5.41, 5.74) is 8.04. The normalized spacial score (nSPS) is 14.2. The monoisotopic (exact) mass is 275 g/mol. The van der Waals surface area contributed by atoms with Gasteiger partial charge >= 0.3 is 0 Å². The van der Waals surface area contributed by atoms with Crippen LogP contribution in [0.3, 0.4) is 0 Å². The number of carbonyl (C=O) groups excluding carboxylic acids is 1. The molecular formula is C15H21N3O2. The molecule has 20 heavy (non-hydrogen) atoms. The number of aromatic nitrogens is 1. The highest BCUT2D eigenvalue weighted by Gasteiger charge is 2.17. The predicted molar refractivity (Wildman–Crippen MR) is 79.3 cm³/mol. The molecule has 108 valence electrons.